The Bertz CT molecular complexity index is 544. The van der Waals surface area contributed by atoms with Crippen molar-refractivity contribution in [3.05, 3.63) is 17.2 Å². The second-order valence-electron chi connectivity index (χ2n) is 2.48. The molecule has 0 aliphatic heterocycles. The van der Waals surface area contributed by atoms with Gasteiger partial charge in [0, 0.05) is 0 Å². The van der Waals surface area contributed by atoms with Crippen molar-refractivity contribution >= 4 is 39.2 Å². The SMILES string of the molecule is NC(=O)Oc1nc2cnc(Cl)c(F)c2s1. The smallest absolute Gasteiger partial charge is 0.381 e. The fourth-order valence-electron chi connectivity index (χ4n) is 0.954. The van der Waals surface area contributed by atoms with Crippen LogP contribution in [0.4, 0.5) is 9.18 Å². The molecule has 0 unspecified atom stereocenters. The van der Waals surface area contributed by atoms with E-state index in [1.807, 2.05) is 0 Å². The molecule has 1 amide bonds. The van der Waals surface area contributed by atoms with Gasteiger partial charge in [0.15, 0.2) is 11.0 Å². The van der Waals surface area contributed by atoms with Gasteiger partial charge in [0.1, 0.15) is 5.52 Å². The number of fused-ring (bicyclic) bond motifs is 1. The normalized spacial score (nSPS) is 10.5. The lowest BCUT2D eigenvalue weighted by atomic mass is 10.4. The molecule has 5 nitrogen and oxygen atoms in total. The molecule has 0 aliphatic carbocycles. The number of aromatic nitrogens is 2. The van der Waals surface area contributed by atoms with Crippen LogP contribution in [-0.2, 0) is 0 Å². The van der Waals surface area contributed by atoms with Gasteiger partial charge in [0.05, 0.1) is 10.9 Å². The van der Waals surface area contributed by atoms with E-state index in [-0.39, 0.29) is 20.6 Å². The summed E-state index contributed by atoms with van der Waals surface area (Å²) < 4.78 is 18.0. The van der Waals surface area contributed by atoms with Gasteiger partial charge in [-0.25, -0.2) is 19.2 Å². The first-order chi connectivity index (χ1) is 7.08. The Kier molecular flexibility index (Phi) is 2.41. The largest absolute Gasteiger partial charge is 0.411 e. The zero-order chi connectivity index (χ0) is 11.0. The van der Waals surface area contributed by atoms with E-state index in [0.717, 1.165) is 11.3 Å². The quantitative estimate of drug-likeness (QED) is 0.781. The van der Waals surface area contributed by atoms with Gasteiger partial charge in [-0.05, 0) is 0 Å². The zero-order valence-corrected chi connectivity index (χ0v) is 8.60. The van der Waals surface area contributed by atoms with Gasteiger partial charge in [0.2, 0.25) is 0 Å². The molecule has 2 heterocycles. The van der Waals surface area contributed by atoms with Crippen LogP contribution in [0, 0.1) is 5.82 Å². The summed E-state index contributed by atoms with van der Waals surface area (Å²) in [6.45, 7) is 0. The molecule has 78 valence electrons. The third-order valence-electron chi connectivity index (χ3n) is 1.50. The molecular weight excluding hydrogens is 245 g/mol. The Balaban J connectivity index is 2.56. The Morgan fingerprint density at radius 3 is 3.07 bits per heavy atom. The van der Waals surface area contributed by atoms with Crippen LogP contribution in [0.3, 0.4) is 0 Å². The van der Waals surface area contributed by atoms with E-state index in [1.54, 1.807) is 0 Å². The number of rotatable bonds is 1. The highest BCUT2D eigenvalue weighted by Crippen LogP contribution is 2.31. The summed E-state index contributed by atoms with van der Waals surface area (Å²) >= 11 is 6.30. The molecule has 0 atom stereocenters. The van der Waals surface area contributed by atoms with Gasteiger partial charge in [-0.3, -0.25) is 0 Å². The Hall–Kier alpha value is -1.47. The van der Waals surface area contributed by atoms with E-state index in [9.17, 15) is 9.18 Å². The molecule has 2 aromatic heterocycles. The van der Waals surface area contributed by atoms with Crippen molar-refractivity contribution in [1.29, 1.82) is 0 Å². The molecule has 2 aromatic rings. The van der Waals surface area contributed by atoms with E-state index < -0.39 is 11.9 Å². The number of pyridine rings is 1. The number of ether oxygens (including phenoxy) is 1. The Labute approximate surface area is 91.6 Å². The van der Waals surface area contributed by atoms with Crippen molar-refractivity contribution in [1.82, 2.24) is 9.97 Å². The minimum atomic E-state index is -1.01. The van der Waals surface area contributed by atoms with Crippen molar-refractivity contribution in [2.75, 3.05) is 0 Å². The number of halogens is 2. The summed E-state index contributed by atoms with van der Waals surface area (Å²) in [5.41, 5.74) is 5.05. The van der Waals surface area contributed by atoms with Gasteiger partial charge >= 0.3 is 6.09 Å². The summed E-state index contributed by atoms with van der Waals surface area (Å²) in [5, 5.41) is -0.294. The highest BCUT2D eigenvalue weighted by molar-refractivity contribution is 7.20. The lowest BCUT2D eigenvalue weighted by Crippen LogP contribution is -2.15. The fourth-order valence-corrected chi connectivity index (χ4v) is 1.99. The minimum absolute atomic E-state index is 0.0412. The molecule has 0 fully saturated rings. The maximum Gasteiger partial charge on any atom is 0.411 e. The molecule has 0 radical (unpaired) electrons. The molecule has 2 rings (SSSR count). The molecule has 8 heteroatoms. The van der Waals surface area contributed by atoms with Gasteiger partial charge in [-0.2, -0.15) is 0 Å². The van der Waals surface area contributed by atoms with Gasteiger partial charge in [0.25, 0.3) is 5.19 Å². The number of nitrogens with two attached hydrogens (primary N) is 1. The van der Waals surface area contributed by atoms with Crippen LogP contribution >= 0.6 is 22.9 Å². The second kappa shape index (κ2) is 3.59. The lowest BCUT2D eigenvalue weighted by Gasteiger charge is -1.91. The molecule has 0 saturated carbocycles. The number of thiazole rings is 1. The summed E-state index contributed by atoms with van der Waals surface area (Å²) in [6, 6.07) is 0. The molecule has 0 spiro atoms. The van der Waals surface area contributed by atoms with E-state index in [1.165, 1.54) is 6.20 Å². The second-order valence-corrected chi connectivity index (χ2v) is 3.80. The molecule has 15 heavy (non-hydrogen) atoms. The zero-order valence-electron chi connectivity index (χ0n) is 7.03. The van der Waals surface area contributed by atoms with Gasteiger partial charge in [-0.15, -0.1) is 0 Å². The Morgan fingerprint density at radius 1 is 1.67 bits per heavy atom. The molecule has 0 aromatic carbocycles. The van der Waals surface area contributed by atoms with Crippen LogP contribution in [0.5, 0.6) is 5.19 Å². The molecular formula is C7H3ClFN3O2S. The van der Waals surface area contributed by atoms with E-state index >= 15 is 0 Å². The van der Waals surface area contributed by atoms with Crippen LogP contribution in [-0.4, -0.2) is 16.1 Å². The monoisotopic (exact) mass is 247 g/mol. The van der Waals surface area contributed by atoms with Crippen molar-refractivity contribution < 1.29 is 13.9 Å². The third kappa shape index (κ3) is 1.83. The summed E-state index contributed by atoms with van der Waals surface area (Å²) in [5.74, 6) is -0.689. The number of carbonyl (C=O) groups excluding carboxylic acids is 1. The van der Waals surface area contributed by atoms with E-state index in [2.05, 4.69) is 14.7 Å². The van der Waals surface area contributed by atoms with Crippen molar-refractivity contribution in [2.24, 2.45) is 5.73 Å². The number of carbonyl (C=O) groups is 1. The number of primary amides is 1. The average molecular weight is 248 g/mol. The first-order valence-corrected chi connectivity index (χ1v) is 4.85. The van der Waals surface area contributed by atoms with Gasteiger partial charge in [-0.1, -0.05) is 22.9 Å². The van der Waals surface area contributed by atoms with Crippen LogP contribution in [0.25, 0.3) is 10.2 Å². The van der Waals surface area contributed by atoms with E-state index in [4.69, 9.17) is 17.3 Å². The Morgan fingerprint density at radius 2 is 2.40 bits per heavy atom. The van der Waals surface area contributed by atoms with Crippen LogP contribution in [0.15, 0.2) is 6.20 Å². The molecule has 0 bridgehead atoms. The highest BCUT2D eigenvalue weighted by Gasteiger charge is 2.14. The van der Waals surface area contributed by atoms with Crippen molar-refractivity contribution in [2.45, 2.75) is 0 Å². The highest BCUT2D eigenvalue weighted by atomic mass is 35.5. The minimum Gasteiger partial charge on any atom is -0.381 e. The predicted octanol–water partition coefficient (Wildman–Crippen LogP) is 1.94. The lowest BCUT2D eigenvalue weighted by molar-refractivity contribution is 0.211. The van der Waals surface area contributed by atoms with Crippen LogP contribution < -0.4 is 10.5 Å². The first kappa shape index (κ1) is 10.1. The van der Waals surface area contributed by atoms with Crippen molar-refractivity contribution in [3.8, 4) is 5.19 Å². The molecule has 2 N–H and O–H groups in total. The number of hydrogen-bond donors (Lipinski definition) is 1. The van der Waals surface area contributed by atoms with Gasteiger partial charge < -0.3 is 10.5 Å². The number of hydrogen-bond acceptors (Lipinski definition) is 5. The average Bonchev–Trinajstić information content (AvgIpc) is 2.54. The summed E-state index contributed by atoms with van der Waals surface area (Å²) in [7, 11) is 0. The molecule has 0 aliphatic rings. The first-order valence-electron chi connectivity index (χ1n) is 3.65. The predicted molar refractivity (Wildman–Crippen MR) is 52.6 cm³/mol. The van der Waals surface area contributed by atoms with Crippen LogP contribution in [0.2, 0.25) is 5.15 Å². The standard InChI is InChI=1S/C7H3ClFN3O2S/c8-5-3(9)4-2(1-11-5)12-7(15-4)14-6(10)13/h1H,(H2,10,13). The fraction of sp³-hybridized carbons (Fsp3) is 0. The van der Waals surface area contributed by atoms with E-state index in [0.29, 0.717) is 0 Å². The van der Waals surface area contributed by atoms with Crippen LogP contribution in [0.1, 0.15) is 0 Å². The number of amides is 1. The maximum absolute atomic E-state index is 13.4. The third-order valence-corrected chi connectivity index (χ3v) is 2.71. The number of nitrogens with zero attached hydrogens (tertiary/aromatic N) is 2. The maximum atomic E-state index is 13.4. The summed E-state index contributed by atoms with van der Waals surface area (Å²) in [6.07, 6.45) is 0.277. The van der Waals surface area contributed by atoms with Crippen molar-refractivity contribution in [3.63, 3.8) is 0 Å². The summed E-state index contributed by atoms with van der Waals surface area (Å²) in [4.78, 5) is 17.8. The topological polar surface area (TPSA) is 78.1 Å². The molecule has 0 saturated heterocycles.